The number of imidazole rings is 1. The highest BCUT2D eigenvalue weighted by molar-refractivity contribution is 5.70. The third-order valence-electron chi connectivity index (χ3n) is 5.46. The van der Waals surface area contributed by atoms with Gasteiger partial charge in [0.1, 0.15) is 23.7 Å². The summed E-state index contributed by atoms with van der Waals surface area (Å²) in [4.78, 5) is 13.5. The van der Waals surface area contributed by atoms with Crippen LogP contribution in [0.25, 0.3) is 22.6 Å². The summed E-state index contributed by atoms with van der Waals surface area (Å²) >= 11 is 0. The van der Waals surface area contributed by atoms with Crippen molar-refractivity contribution in [2.24, 2.45) is 7.05 Å². The molecule has 2 N–H and O–H groups in total. The highest BCUT2D eigenvalue weighted by Crippen LogP contribution is 2.35. The van der Waals surface area contributed by atoms with Crippen molar-refractivity contribution in [3.63, 3.8) is 0 Å². The Hall–Kier alpha value is -4.19. The Kier molecular flexibility index (Phi) is 4.22. The SMILES string of the molecule is Cc1ccc2c(c1)[C@H](C)Oc1nc(cnc1N)-c1c(nn(C)c1C#N)Cn1ccnc1-2. The van der Waals surface area contributed by atoms with Crippen LogP contribution in [-0.2, 0) is 13.6 Å². The number of aromatic nitrogens is 6. The van der Waals surface area contributed by atoms with Gasteiger partial charge in [0.2, 0.25) is 0 Å². The normalized spacial score (nSPS) is 14.8. The third-order valence-corrected chi connectivity index (χ3v) is 5.46. The standard InChI is InChI=1S/C22H20N8O/c1-12-4-5-14-15(8-12)13(2)31-22-20(24)26-10-16(27-22)19-17(28-29(3)18(19)9-23)11-30-7-6-25-21(14)30/h4-8,10,13H,11H2,1-3H3,(H2,24,26)/t13-/m0/s1. The van der Waals surface area contributed by atoms with Crippen LogP contribution in [0.5, 0.6) is 5.88 Å². The second-order valence-electron chi connectivity index (χ2n) is 7.58. The van der Waals surface area contributed by atoms with E-state index >= 15 is 0 Å². The first-order valence-electron chi connectivity index (χ1n) is 9.84. The molecular weight excluding hydrogens is 392 g/mol. The maximum atomic E-state index is 9.76. The molecule has 1 aliphatic rings. The molecule has 0 saturated heterocycles. The second kappa shape index (κ2) is 6.95. The lowest BCUT2D eigenvalue weighted by Gasteiger charge is -2.20. The maximum Gasteiger partial charge on any atom is 0.258 e. The van der Waals surface area contributed by atoms with E-state index < -0.39 is 0 Å². The van der Waals surface area contributed by atoms with Crippen LogP contribution in [0.3, 0.4) is 0 Å². The van der Waals surface area contributed by atoms with Crippen molar-refractivity contribution in [1.82, 2.24) is 29.3 Å². The second-order valence-corrected chi connectivity index (χ2v) is 7.58. The van der Waals surface area contributed by atoms with Crippen LogP contribution in [0, 0.1) is 18.3 Å². The number of hydrogen-bond acceptors (Lipinski definition) is 7. The molecule has 4 aromatic rings. The van der Waals surface area contributed by atoms with Crippen LogP contribution in [0.2, 0.25) is 0 Å². The molecular formula is C22H20N8O. The monoisotopic (exact) mass is 412 g/mol. The first-order valence-corrected chi connectivity index (χ1v) is 9.84. The molecule has 3 aromatic heterocycles. The molecule has 154 valence electrons. The van der Waals surface area contributed by atoms with Crippen molar-refractivity contribution in [3.05, 3.63) is 59.3 Å². The van der Waals surface area contributed by atoms with Gasteiger partial charge >= 0.3 is 0 Å². The fourth-order valence-electron chi connectivity index (χ4n) is 3.97. The van der Waals surface area contributed by atoms with E-state index in [2.05, 4.69) is 32.2 Å². The average molecular weight is 412 g/mol. The zero-order valence-electron chi connectivity index (χ0n) is 17.4. The lowest BCUT2D eigenvalue weighted by atomic mass is 9.99. The number of fused-ring (bicyclic) bond motifs is 7. The summed E-state index contributed by atoms with van der Waals surface area (Å²) in [7, 11) is 1.74. The van der Waals surface area contributed by atoms with Crippen molar-refractivity contribution in [2.45, 2.75) is 26.5 Å². The van der Waals surface area contributed by atoms with Crippen LogP contribution in [0.15, 0.2) is 36.8 Å². The molecule has 5 rings (SSSR count). The maximum absolute atomic E-state index is 9.76. The summed E-state index contributed by atoms with van der Waals surface area (Å²) < 4.78 is 9.75. The first-order chi connectivity index (χ1) is 15.0. The summed E-state index contributed by atoms with van der Waals surface area (Å²) in [6, 6.07) is 8.39. The number of nitriles is 1. The quantitative estimate of drug-likeness (QED) is 0.471. The minimum Gasteiger partial charge on any atom is -0.467 e. The van der Waals surface area contributed by atoms with Crippen molar-refractivity contribution >= 4 is 5.82 Å². The van der Waals surface area contributed by atoms with Crippen LogP contribution >= 0.6 is 0 Å². The summed E-state index contributed by atoms with van der Waals surface area (Å²) in [5.41, 5.74) is 11.3. The van der Waals surface area contributed by atoms with E-state index in [1.165, 1.54) is 0 Å². The number of ether oxygens (including phenoxy) is 1. The zero-order valence-corrected chi connectivity index (χ0v) is 17.4. The van der Waals surface area contributed by atoms with Gasteiger partial charge in [-0.1, -0.05) is 23.8 Å². The predicted molar refractivity (Wildman–Crippen MR) is 114 cm³/mol. The molecule has 0 fully saturated rings. The Balaban J connectivity index is 1.83. The zero-order chi connectivity index (χ0) is 21.7. The van der Waals surface area contributed by atoms with Gasteiger partial charge in [-0.25, -0.2) is 15.0 Å². The molecule has 0 aliphatic carbocycles. The van der Waals surface area contributed by atoms with Gasteiger partial charge in [0.25, 0.3) is 5.88 Å². The molecule has 9 heteroatoms. The minimum atomic E-state index is -0.352. The van der Waals surface area contributed by atoms with Crippen LogP contribution < -0.4 is 10.5 Å². The molecule has 2 bridgehead atoms. The summed E-state index contributed by atoms with van der Waals surface area (Å²) in [6.07, 6.45) is 4.86. The van der Waals surface area contributed by atoms with E-state index in [1.54, 1.807) is 24.1 Å². The first kappa shape index (κ1) is 18.8. The van der Waals surface area contributed by atoms with E-state index in [4.69, 9.17) is 10.5 Å². The number of nitrogens with zero attached hydrogens (tertiary/aromatic N) is 7. The van der Waals surface area contributed by atoms with Gasteiger partial charge in [0, 0.05) is 30.6 Å². The summed E-state index contributed by atoms with van der Waals surface area (Å²) in [5, 5.41) is 14.4. The smallest absolute Gasteiger partial charge is 0.258 e. The fourth-order valence-corrected chi connectivity index (χ4v) is 3.97. The van der Waals surface area contributed by atoms with E-state index in [0.717, 1.165) is 22.5 Å². The number of benzene rings is 1. The Morgan fingerprint density at radius 3 is 2.94 bits per heavy atom. The predicted octanol–water partition coefficient (Wildman–Crippen LogP) is 3.00. The Morgan fingerprint density at radius 1 is 1.29 bits per heavy atom. The van der Waals surface area contributed by atoms with Gasteiger partial charge in [-0.2, -0.15) is 10.4 Å². The molecule has 31 heavy (non-hydrogen) atoms. The van der Waals surface area contributed by atoms with Crippen LogP contribution in [0.1, 0.15) is 35.5 Å². The van der Waals surface area contributed by atoms with E-state index in [1.807, 2.05) is 36.7 Å². The van der Waals surface area contributed by atoms with Crippen LogP contribution in [0.4, 0.5) is 5.82 Å². The molecule has 9 nitrogen and oxygen atoms in total. The Morgan fingerprint density at radius 2 is 2.13 bits per heavy atom. The van der Waals surface area contributed by atoms with Crippen molar-refractivity contribution in [1.29, 1.82) is 5.26 Å². The number of hydrogen-bond donors (Lipinski definition) is 1. The van der Waals surface area contributed by atoms with Gasteiger partial charge in [-0.15, -0.1) is 0 Å². The van der Waals surface area contributed by atoms with E-state index in [-0.39, 0.29) is 17.8 Å². The van der Waals surface area contributed by atoms with E-state index in [0.29, 0.717) is 29.2 Å². The van der Waals surface area contributed by atoms with Crippen molar-refractivity contribution in [3.8, 4) is 34.6 Å². The molecule has 1 atom stereocenters. The molecule has 1 aliphatic heterocycles. The van der Waals surface area contributed by atoms with Crippen molar-refractivity contribution < 1.29 is 4.74 Å². The van der Waals surface area contributed by atoms with Gasteiger partial charge in [-0.05, 0) is 13.8 Å². The molecule has 0 saturated carbocycles. The Labute approximate surface area is 178 Å². The number of nitrogen functional groups attached to an aromatic ring is 1. The summed E-state index contributed by atoms with van der Waals surface area (Å²) in [6.45, 7) is 4.40. The Bertz CT molecular complexity index is 1360. The highest BCUT2D eigenvalue weighted by Gasteiger charge is 2.25. The minimum absolute atomic E-state index is 0.187. The lowest BCUT2D eigenvalue weighted by Crippen LogP contribution is -2.12. The van der Waals surface area contributed by atoms with Gasteiger partial charge in [-0.3, -0.25) is 4.68 Å². The molecule has 0 unspecified atom stereocenters. The number of aryl methyl sites for hydroxylation is 2. The molecule has 0 amide bonds. The fraction of sp³-hybridized carbons (Fsp3) is 0.227. The van der Waals surface area contributed by atoms with Crippen LogP contribution in [-0.4, -0.2) is 29.3 Å². The molecule has 0 radical (unpaired) electrons. The highest BCUT2D eigenvalue weighted by atomic mass is 16.5. The van der Waals surface area contributed by atoms with E-state index in [9.17, 15) is 5.26 Å². The molecule has 0 spiro atoms. The van der Waals surface area contributed by atoms with Crippen molar-refractivity contribution in [2.75, 3.05) is 5.73 Å². The number of nitrogens with two attached hydrogens (primary N) is 1. The summed E-state index contributed by atoms with van der Waals surface area (Å²) in [5.74, 6) is 1.20. The topological polar surface area (TPSA) is 120 Å². The van der Waals surface area contributed by atoms with Gasteiger partial charge < -0.3 is 15.0 Å². The molecule has 1 aromatic carbocycles. The number of anilines is 1. The largest absolute Gasteiger partial charge is 0.467 e. The molecule has 4 heterocycles. The van der Waals surface area contributed by atoms with Gasteiger partial charge in [0.05, 0.1) is 29.7 Å². The average Bonchev–Trinajstić information content (AvgIpc) is 3.32. The lowest BCUT2D eigenvalue weighted by molar-refractivity contribution is 0.219. The van der Waals surface area contributed by atoms with Gasteiger partial charge in [0.15, 0.2) is 5.82 Å². The third kappa shape index (κ3) is 3.00. The number of rotatable bonds is 0.